The highest BCUT2D eigenvalue weighted by Crippen LogP contribution is 2.30. The molecule has 2 aromatic carbocycles. The van der Waals surface area contributed by atoms with Crippen molar-refractivity contribution in [2.24, 2.45) is 5.14 Å². The van der Waals surface area contributed by atoms with Crippen molar-refractivity contribution in [1.82, 2.24) is 0 Å². The summed E-state index contributed by atoms with van der Waals surface area (Å²) in [6.07, 6.45) is 0. The fourth-order valence-corrected chi connectivity index (χ4v) is 2.99. The van der Waals surface area contributed by atoms with Crippen LogP contribution in [0.5, 0.6) is 5.75 Å². The minimum atomic E-state index is -3.94. The van der Waals surface area contributed by atoms with Gasteiger partial charge in [-0.15, -0.1) is 0 Å². The fraction of sp³-hybridized carbons (Fsp3) is 0.188. The van der Waals surface area contributed by atoms with Crippen LogP contribution in [0.2, 0.25) is 5.02 Å². The molecule has 0 spiro atoms. The largest absolute Gasteiger partial charge is 0.477 e. The Morgan fingerprint density at radius 3 is 2.56 bits per heavy atom. The number of nitrogens with two attached hydrogens (primary N) is 1. The molecule has 0 aliphatic heterocycles. The molecule has 0 unspecified atom stereocenters. The first kappa shape index (κ1) is 20.6. The number of nitrogens with zero attached hydrogens (tertiary/aromatic N) is 1. The molecule has 11 heteroatoms. The maximum absolute atomic E-state index is 12.1. The van der Waals surface area contributed by atoms with Gasteiger partial charge in [-0.2, -0.15) is 0 Å². The quantitative estimate of drug-likeness (QED) is 0.550. The molecule has 1 amide bonds. The van der Waals surface area contributed by atoms with Gasteiger partial charge in [0, 0.05) is 16.8 Å². The second-order valence-corrected chi connectivity index (χ2v) is 7.66. The van der Waals surface area contributed by atoms with Crippen molar-refractivity contribution in [3.8, 4) is 5.75 Å². The van der Waals surface area contributed by atoms with E-state index in [9.17, 15) is 23.3 Å². The third-order valence-corrected chi connectivity index (χ3v) is 4.85. The number of carbonyl (C=O) groups excluding carboxylic acids is 1. The highest BCUT2D eigenvalue weighted by atomic mass is 35.5. The average molecular weight is 414 g/mol. The van der Waals surface area contributed by atoms with Crippen LogP contribution in [0.15, 0.2) is 35.2 Å². The topological polar surface area (TPSA) is 142 Å². The van der Waals surface area contributed by atoms with Crippen molar-refractivity contribution in [2.45, 2.75) is 18.7 Å². The van der Waals surface area contributed by atoms with Crippen molar-refractivity contribution in [1.29, 1.82) is 0 Å². The summed E-state index contributed by atoms with van der Waals surface area (Å²) < 4.78 is 28.3. The second kappa shape index (κ2) is 7.91. The molecule has 0 atom stereocenters. The summed E-state index contributed by atoms with van der Waals surface area (Å²) in [5.74, 6) is -0.751. The third-order valence-electron chi connectivity index (χ3n) is 3.72. The molecule has 9 nitrogen and oxygen atoms in total. The summed E-state index contributed by atoms with van der Waals surface area (Å²) in [5.41, 5.74) is 1.14. The van der Waals surface area contributed by atoms with Crippen LogP contribution in [0.4, 0.5) is 11.4 Å². The standard InChI is InChI=1S/C16H16ClN3O6S/c1-9-5-12(27(18,24)25)7-13(10(9)2)19-16(21)8-26-15-4-3-11(17)6-14(15)20(22)23/h3-7H,8H2,1-2H3,(H,19,21)(H2,18,24,25). The van der Waals surface area contributed by atoms with Crippen LogP contribution in [0, 0.1) is 24.0 Å². The number of hydrogen-bond acceptors (Lipinski definition) is 6. The SMILES string of the molecule is Cc1cc(S(N)(=O)=O)cc(NC(=O)COc2ccc(Cl)cc2[N+](=O)[O-])c1C. The number of aryl methyl sites for hydroxylation is 1. The lowest BCUT2D eigenvalue weighted by Crippen LogP contribution is -2.22. The summed E-state index contributed by atoms with van der Waals surface area (Å²) in [4.78, 5) is 22.3. The molecule has 0 fully saturated rings. The third kappa shape index (κ3) is 5.16. The number of anilines is 1. The number of hydrogen-bond donors (Lipinski definition) is 2. The van der Waals surface area contributed by atoms with Crippen molar-refractivity contribution in [2.75, 3.05) is 11.9 Å². The monoisotopic (exact) mass is 413 g/mol. The van der Waals surface area contributed by atoms with Crippen LogP contribution in [-0.4, -0.2) is 25.9 Å². The van der Waals surface area contributed by atoms with Crippen LogP contribution in [0.25, 0.3) is 0 Å². The molecule has 3 N–H and O–H groups in total. The van der Waals surface area contributed by atoms with Gasteiger partial charge in [0.15, 0.2) is 12.4 Å². The molecule has 0 aliphatic carbocycles. The van der Waals surface area contributed by atoms with E-state index in [2.05, 4.69) is 5.32 Å². The molecule has 0 saturated heterocycles. The Hall–Kier alpha value is -2.69. The number of halogens is 1. The first-order chi connectivity index (χ1) is 12.5. The maximum atomic E-state index is 12.1. The zero-order valence-electron chi connectivity index (χ0n) is 14.4. The van der Waals surface area contributed by atoms with E-state index < -0.39 is 27.5 Å². The number of nitro groups is 1. The second-order valence-electron chi connectivity index (χ2n) is 5.66. The van der Waals surface area contributed by atoms with Gasteiger partial charge in [-0.05, 0) is 49.2 Å². The van der Waals surface area contributed by atoms with Crippen molar-refractivity contribution >= 4 is 38.9 Å². The van der Waals surface area contributed by atoms with E-state index in [4.69, 9.17) is 21.5 Å². The number of nitrogens with one attached hydrogen (secondary N) is 1. The molecule has 0 heterocycles. The van der Waals surface area contributed by atoms with Crippen molar-refractivity contribution in [3.05, 3.63) is 56.6 Å². The van der Waals surface area contributed by atoms with Gasteiger partial charge in [0.1, 0.15) is 0 Å². The van der Waals surface area contributed by atoms with E-state index in [1.165, 1.54) is 24.3 Å². The van der Waals surface area contributed by atoms with Crippen molar-refractivity contribution < 1.29 is 22.9 Å². The summed E-state index contributed by atoms with van der Waals surface area (Å²) in [5, 5.41) is 18.8. The molecule has 27 heavy (non-hydrogen) atoms. The molecular weight excluding hydrogens is 398 g/mol. The first-order valence-electron chi connectivity index (χ1n) is 7.49. The predicted molar refractivity (Wildman–Crippen MR) is 99.5 cm³/mol. The zero-order chi connectivity index (χ0) is 20.4. The lowest BCUT2D eigenvalue weighted by Gasteiger charge is -2.13. The Morgan fingerprint density at radius 1 is 1.30 bits per heavy atom. The number of primary sulfonamides is 1. The van der Waals surface area contributed by atoms with Gasteiger partial charge in [0.2, 0.25) is 10.0 Å². The molecule has 0 aliphatic rings. The van der Waals surface area contributed by atoms with E-state index in [1.807, 2.05) is 0 Å². The fourth-order valence-electron chi connectivity index (χ4n) is 2.21. The van der Waals surface area contributed by atoms with E-state index >= 15 is 0 Å². The van der Waals surface area contributed by atoms with Gasteiger partial charge < -0.3 is 10.1 Å². The van der Waals surface area contributed by atoms with Crippen LogP contribution in [-0.2, 0) is 14.8 Å². The summed E-state index contributed by atoms with van der Waals surface area (Å²) in [6.45, 7) is 2.84. The molecule has 2 rings (SSSR count). The van der Waals surface area contributed by atoms with Crippen LogP contribution in [0.3, 0.4) is 0 Å². The van der Waals surface area contributed by atoms with Crippen LogP contribution in [0.1, 0.15) is 11.1 Å². The Labute approximate surface area is 160 Å². The van der Waals surface area contributed by atoms with Gasteiger partial charge >= 0.3 is 5.69 Å². The number of carbonyl (C=O) groups is 1. The summed E-state index contributed by atoms with van der Waals surface area (Å²) in [6, 6.07) is 6.42. The number of ether oxygens (including phenoxy) is 1. The van der Waals surface area contributed by atoms with Gasteiger partial charge in [-0.3, -0.25) is 14.9 Å². The number of nitro benzene ring substituents is 1. The average Bonchev–Trinajstić information content (AvgIpc) is 2.56. The van der Waals surface area contributed by atoms with E-state index in [-0.39, 0.29) is 27.0 Å². The number of benzene rings is 2. The predicted octanol–water partition coefficient (Wildman–Crippen LogP) is 2.53. The molecule has 0 bridgehead atoms. The lowest BCUT2D eigenvalue weighted by molar-refractivity contribution is -0.385. The normalized spacial score (nSPS) is 11.1. The maximum Gasteiger partial charge on any atom is 0.312 e. The molecule has 0 aromatic heterocycles. The van der Waals surface area contributed by atoms with Gasteiger partial charge in [0.05, 0.1) is 9.82 Å². The van der Waals surface area contributed by atoms with E-state index in [0.717, 1.165) is 6.07 Å². The minimum absolute atomic E-state index is 0.120. The molecule has 0 radical (unpaired) electrons. The van der Waals surface area contributed by atoms with Gasteiger partial charge in [-0.25, -0.2) is 13.6 Å². The van der Waals surface area contributed by atoms with Crippen molar-refractivity contribution in [3.63, 3.8) is 0 Å². The Morgan fingerprint density at radius 2 is 1.96 bits per heavy atom. The van der Waals surface area contributed by atoms with Gasteiger partial charge in [-0.1, -0.05) is 11.6 Å². The Balaban J connectivity index is 2.18. The highest BCUT2D eigenvalue weighted by molar-refractivity contribution is 7.89. The molecule has 144 valence electrons. The zero-order valence-corrected chi connectivity index (χ0v) is 15.9. The molecular formula is C16H16ClN3O6S. The first-order valence-corrected chi connectivity index (χ1v) is 9.42. The lowest BCUT2D eigenvalue weighted by atomic mass is 10.1. The van der Waals surface area contributed by atoms with Crippen LogP contribution >= 0.6 is 11.6 Å². The van der Waals surface area contributed by atoms with E-state index in [0.29, 0.717) is 11.1 Å². The molecule has 2 aromatic rings. The Kier molecular flexibility index (Phi) is 6.04. The highest BCUT2D eigenvalue weighted by Gasteiger charge is 2.18. The van der Waals surface area contributed by atoms with Crippen LogP contribution < -0.4 is 15.2 Å². The number of sulfonamides is 1. The minimum Gasteiger partial charge on any atom is -0.477 e. The summed E-state index contributed by atoms with van der Waals surface area (Å²) in [7, 11) is -3.94. The number of rotatable bonds is 6. The van der Waals surface area contributed by atoms with Gasteiger partial charge in [0.25, 0.3) is 5.91 Å². The molecule has 0 saturated carbocycles. The Bertz CT molecular complexity index is 1020. The summed E-state index contributed by atoms with van der Waals surface area (Å²) >= 11 is 5.72. The van der Waals surface area contributed by atoms with E-state index in [1.54, 1.807) is 13.8 Å². The number of amides is 1. The smallest absolute Gasteiger partial charge is 0.312 e.